The summed E-state index contributed by atoms with van der Waals surface area (Å²) < 4.78 is 0. The van der Waals surface area contributed by atoms with Crippen molar-refractivity contribution in [2.45, 2.75) is 240 Å². The van der Waals surface area contributed by atoms with E-state index in [2.05, 4.69) is 133 Å². The topological polar surface area (TPSA) is 0 Å². The van der Waals surface area contributed by atoms with E-state index in [1.807, 2.05) is 0 Å². The van der Waals surface area contributed by atoms with E-state index in [1.165, 1.54) is 204 Å². The van der Waals surface area contributed by atoms with Crippen LogP contribution in [0.1, 0.15) is 246 Å². The fourth-order valence-corrected chi connectivity index (χ4v) is 16.4. The first-order chi connectivity index (χ1) is 31.5. The molecule has 0 radical (unpaired) electrons. The molecule has 5 heteroatoms. The minimum atomic E-state index is -2.90. The molecular formula is C63H93Cl3SiTi. The van der Waals surface area contributed by atoms with Crippen molar-refractivity contribution in [2.24, 2.45) is 0 Å². The second kappa shape index (κ2) is 37.2. The Morgan fingerprint density at radius 1 is 0.353 bits per heavy atom. The van der Waals surface area contributed by atoms with Crippen molar-refractivity contribution in [1.82, 2.24) is 0 Å². The monoisotopic (exact) mass is 1030 g/mol. The van der Waals surface area contributed by atoms with Gasteiger partial charge in [0.2, 0.25) is 0 Å². The third-order valence-electron chi connectivity index (χ3n) is 14.6. The molecule has 0 saturated heterocycles. The predicted molar refractivity (Wildman–Crippen MR) is 288 cm³/mol. The number of unbranched alkanes of at least 4 members (excludes halogenated alkanes) is 18. The Morgan fingerprint density at radius 3 is 0.882 bits per heavy atom. The zero-order valence-electron chi connectivity index (χ0n) is 44.0. The third-order valence-corrected chi connectivity index (χ3v) is 19.5. The molecule has 0 N–H and O–H groups in total. The maximum absolute atomic E-state index is 4.27. The fourth-order valence-electron chi connectivity index (χ4n) is 10.9. The Kier molecular flexibility index (Phi) is 35.3. The van der Waals surface area contributed by atoms with E-state index in [0.717, 1.165) is 0 Å². The SMILES string of the molecule is CCCCCCc1cc(CCCCCC)cc([Si](c2cc(CCCCCC)cc(CCCCCC)c2)(c2cc(CCCCCC)cc(CCCCCC)c2)C2[C-]=Cc3ccccc32)c1.[Cl-].[Cl-].[Cl-].[Ti+4]. The fraction of sp³-hybridized carbons (Fsp3) is 0.587. The average molecular weight is 1030 g/mol. The Bertz CT molecular complexity index is 1690. The molecule has 0 fully saturated rings. The molecule has 0 aliphatic heterocycles. The minimum absolute atomic E-state index is 0. The summed E-state index contributed by atoms with van der Waals surface area (Å²) in [5.41, 5.74) is 12.6. The van der Waals surface area contributed by atoms with E-state index in [9.17, 15) is 0 Å². The van der Waals surface area contributed by atoms with Gasteiger partial charge in [-0.3, -0.25) is 6.08 Å². The maximum Gasteiger partial charge on any atom is 4.00 e. The summed E-state index contributed by atoms with van der Waals surface area (Å²) in [6.07, 6.45) is 45.1. The first kappa shape index (κ1) is 64.4. The molecule has 4 aromatic rings. The Morgan fingerprint density at radius 2 is 0.618 bits per heavy atom. The summed E-state index contributed by atoms with van der Waals surface area (Å²) in [6, 6.07) is 34.0. The first-order valence-corrected chi connectivity index (χ1v) is 29.7. The van der Waals surface area contributed by atoms with Gasteiger partial charge >= 0.3 is 21.7 Å². The summed E-state index contributed by atoms with van der Waals surface area (Å²) in [7, 11) is -2.90. The second-order valence-corrected chi connectivity index (χ2v) is 24.1. The third kappa shape index (κ3) is 19.8. The first-order valence-electron chi connectivity index (χ1n) is 27.6. The molecule has 4 aromatic carbocycles. The molecule has 1 atom stereocenters. The summed E-state index contributed by atoms with van der Waals surface area (Å²) >= 11 is 0. The van der Waals surface area contributed by atoms with Gasteiger partial charge in [-0.2, -0.15) is 5.56 Å². The summed E-state index contributed by atoms with van der Waals surface area (Å²) in [5, 5.41) is 4.94. The van der Waals surface area contributed by atoms with Crippen LogP contribution in [0.25, 0.3) is 6.08 Å². The number of hydrogen-bond acceptors (Lipinski definition) is 0. The molecular weight excluding hydrogens is 939 g/mol. The van der Waals surface area contributed by atoms with Crippen molar-refractivity contribution >= 4 is 29.7 Å². The van der Waals surface area contributed by atoms with Crippen LogP contribution in [0.4, 0.5) is 0 Å². The molecule has 68 heavy (non-hydrogen) atoms. The molecule has 0 bridgehead atoms. The predicted octanol–water partition coefficient (Wildman–Crippen LogP) is 8.06. The van der Waals surface area contributed by atoms with E-state index in [4.69, 9.17) is 0 Å². The standard InChI is InChI=1S/C63H93Si.3ClH.Ti/c1-7-13-19-25-33-52-43-53(34-26-20-14-8-2)47-59(46-52)64(63-42-41-58-39-31-32-40-62(58)63,60-48-54(35-27-21-15-9-3)44-55(49-60)36-28-22-16-10-4)61-50-56(37-29-23-17-11-5)45-57(51-61)38-30-24-18-12-6;;;;/h31-32,39-41,43-51,63H,7-30,33-38H2,1-6H3;3*1H;/q-1;;;;+4/p-3. The molecule has 0 spiro atoms. The van der Waals surface area contributed by atoms with Gasteiger partial charge in [-0.15, -0.1) is 11.6 Å². The number of hydrogen-bond donors (Lipinski definition) is 0. The van der Waals surface area contributed by atoms with Gasteiger partial charge in [0.25, 0.3) is 0 Å². The van der Waals surface area contributed by atoms with Gasteiger partial charge in [0, 0.05) is 0 Å². The Balaban J connectivity index is 0.00000578. The van der Waals surface area contributed by atoms with Crippen molar-refractivity contribution in [3.63, 3.8) is 0 Å². The number of allylic oxidation sites excluding steroid dienone is 1. The average Bonchev–Trinajstić information content (AvgIpc) is 3.74. The zero-order valence-corrected chi connectivity index (χ0v) is 48.8. The van der Waals surface area contributed by atoms with Gasteiger partial charge in [-0.05, 0) is 126 Å². The van der Waals surface area contributed by atoms with E-state index in [1.54, 1.807) is 48.9 Å². The molecule has 374 valence electrons. The van der Waals surface area contributed by atoms with Crippen LogP contribution >= 0.6 is 0 Å². The van der Waals surface area contributed by atoms with Gasteiger partial charge < -0.3 is 37.2 Å². The normalized spacial score (nSPS) is 12.8. The van der Waals surface area contributed by atoms with Crippen LogP contribution in [0.15, 0.2) is 78.9 Å². The number of halogens is 3. The Hall–Kier alpha value is -1.58. The molecule has 0 heterocycles. The van der Waals surface area contributed by atoms with Crippen LogP contribution in [-0.4, -0.2) is 8.07 Å². The summed E-state index contributed by atoms with van der Waals surface area (Å²) in [5.74, 6) is 0. The van der Waals surface area contributed by atoms with Crippen molar-refractivity contribution in [3.8, 4) is 0 Å². The van der Waals surface area contributed by atoms with Crippen molar-refractivity contribution in [3.05, 3.63) is 129 Å². The van der Waals surface area contributed by atoms with Crippen LogP contribution in [0.5, 0.6) is 0 Å². The van der Waals surface area contributed by atoms with Crippen LogP contribution in [0.2, 0.25) is 0 Å². The quantitative estimate of drug-likeness (QED) is 0.0193. The van der Waals surface area contributed by atoms with E-state index < -0.39 is 8.07 Å². The van der Waals surface area contributed by atoms with E-state index in [-0.39, 0.29) is 64.5 Å². The molecule has 5 rings (SSSR count). The molecule has 1 aliphatic carbocycles. The smallest absolute Gasteiger partial charge is 1.00 e. The number of fused-ring (bicyclic) bond motifs is 1. The van der Waals surface area contributed by atoms with Gasteiger partial charge in [-0.1, -0.05) is 235 Å². The number of benzene rings is 4. The maximum atomic E-state index is 4.27. The van der Waals surface area contributed by atoms with Crippen molar-refractivity contribution in [2.75, 3.05) is 0 Å². The number of aryl methyl sites for hydroxylation is 6. The van der Waals surface area contributed by atoms with Crippen LogP contribution in [0.3, 0.4) is 0 Å². The van der Waals surface area contributed by atoms with Crippen molar-refractivity contribution in [1.29, 1.82) is 0 Å². The molecule has 0 aromatic heterocycles. The summed E-state index contributed by atoms with van der Waals surface area (Å²) in [6.45, 7) is 14.1. The van der Waals surface area contributed by atoms with Gasteiger partial charge in [-0.25, -0.2) is 6.08 Å². The van der Waals surface area contributed by atoms with Crippen LogP contribution in [0, 0.1) is 6.08 Å². The van der Waals surface area contributed by atoms with Gasteiger partial charge in [0.15, 0.2) is 0 Å². The molecule has 1 aliphatic rings. The van der Waals surface area contributed by atoms with Gasteiger partial charge in [0.1, 0.15) is 8.07 Å². The minimum Gasteiger partial charge on any atom is -1.00 e. The van der Waals surface area contributed by atoms with E-state index >= 15 is 0 Å². The molecule has 1 unspecified atom stereocenters. The largest absolute Gasteiger partial charge is 4.00 e. The van der Waals surface area contributed by atoms with Gasteiger partial charge in [0.05, 0.1) is 0 Å². The molecule has 0 saturated carbocycles. The van der Waals surface area contributed by atoms with Crippen LogP contribution < -0.4 is 52.8 Å². The zero-order chi connectivity index (χ0) is 45.2. The molecule has 0 amide bonds. The van der Waals surface area contributed by atoms with E-state index in [0.29, 0.717) is 0 Å². The van der Waals surface area contributed by atoms with Crippen LogP contribution in [-0.2, 0) is 60.2 Å². The Labute approximate surface area is 454 Å². The second-order valence-electron chi connectivity index (χ2n) is 20.2. The van der Waals surface area contributed by atoms with Crippen molar-refractivity contribution < 1.29 is 58.9 Å². The molecule has 0 nitrogen and oxygen atoms in total. The number of rotatable bonds is 34. The summed E-state index contributed by atoms with van der Waals surface area (Å²) in [4.78, 5) is 0.